The summed E-state index contributed by atoms with van der Waals surface area (Å²) in [5.74, 6) is 0.246. The lowest BCUT2D eigenvalue weighted by Crippen LogP contribution is -2.39. The van der Waals surface area contributed by atoms with E-state index < -0.39 is 16.1 Å². The highest BCUT2D eigenvalue weighted by Gasteiger charge is 2.24. The van der Waals surface area contributed by atoms with Crippen molar-refractivity contribution in [2.75, 3.05) is 34.9 Å². The molecule has 2 aromatic carbocycles. The number of carbonyl (C=O) groups is 2. The molecule has 3 rings (SSSR count). The average molecular weight is 575 g/mol. The van der Waals surface area contributed by atoms with Crippen molar-refractivity contribution in [1.82, 2.24) is 18.9 Å². The minimum absolute atomic E-state index is 0.0222. The van der Waals surface area contributed by atoms with Gasteiger partial charge in [0.1, 0.15) is 22.2 Å². The fourth-order valence-corrected chi connectivity index (χ4v) is 5.29. The number of aromatic nitrogens is 1. The van der Waals surface area contributed by atoms with Gasteiger partial charge in [-0.2, -0.15) is 12.7 Å². The molecule has 1 aromatic heterocycles. The lowest BCUT2D eigenvalue weighted by molar-refractivity contribution is -0.131. The van der Waals surface area contributed by atoms with Gasteiger partial charge in [-0.15, -0.1) is 11.3 Å². The summed E-state index contributed by atoms with van der Waals surface area (Å²) in [6.07, 6.45) is 1.63. The van der Waals surface area contributed by atoms with Crippen LogP contribution >= 0.6 is 11.3 Å². The first-order valence-electron chi connectivity index (χ1n) is 12.3. The Hall–Kier alpha value is -3.48. The van der Waals surface area contributed by atoms with E-state index in [4.69, 9.17) is 9.47 Å². The first kappa shape index (κ1) is 30.1. The van der Waals surface area contributed by atoms with Crippen LogP contribution in [0.15, 0.2) is 48.5 Å². The first-order chi connectivity index (χ1) is 18.5. The van der Waals surface area contributed by atoms with Crippen LogP contribution in [0.5, 0.6) is 11.5 Å². The molecular formula is C27H34N4O6S2. The normalized spacial score (nSPS) is 11.3. The molecule has 12 heteroatoms. The number of hydrogen-bond donors (Lipinski definition) is 1. The van der Waals surface area contributed by atoms with Crippen molar-refractivity contribution in [1.29, 1.82) is 0 Å². The number of ether oxygens (including phenoxy) is 2. The molecule has 0 aliphatic heterocycles. The molecule has 0 bridgehead atoms. The Morgan fingerprint density at radius 2 is 1.77 bits per heavy atom. The minimum Gasteiger partial charge on any atom is -0.497 e. The van der Waals surface area contributed by atoms with E-state index in [9.17, 15) is 18.0 Å². The second-order valence-corrected chi connectivity index (χ2v) is 12.2. The van der Waals surface area contributed by atoms with Gasteiger partial charge < -0.3 is 14.4 Å². The summed E-state index contributed by atoms with van der Waals surface area (Å²) in [5.41, 5.74) is 1.92. The van der Waals surface area contributed by atoms with Crippen LogP contribution in [0.1, 0.15) is 37.9 Å². The third-order valence-corrected chi connectivity index (χ3v) is 8.37. The molecule has 210 valence electrons. The van der Waals surface area contributed by atoms with Crippen LogP contribution in [0, 0.1) is 6.92 Å². The van der Waals surface area contributed by atoms with Crippen LogP contribution in [0.4, 0.5) is 0 Å². The maximum absolute atomic E-state index is 13.5. The topological polar surface area (TPSA) is 118 Å². The van der Waals surface area contributed by atoms with E-state index in [-0.39, 0.29) is 24.6 Å². The van der Waals surface area contributed by atoms with Crippen LogP contribution in [-0.2, 0) is 34.4 Å². The number of thiazole rings is 1. The van der Waals surface area contributed by atoms with E-state index in [1.807, 2.05) is 35.1 Å². The first-order valence-corrected chi connectivity index (χ1v) is 14.5. The van der Waals surface area contributed by atoms with E-state index in [2.05, 4.69) is 4.98 Å². The van der Waals surface area contributed by atoms with Crippen molar-refractivity contribution in [3.05, 3.63) is 75.2 Å². The third-order valence-electron chi connectivity index (χ3n) is 6.01. The summed E-state index contributed by atoms with van der Waals surface area (Å²) in [7, 11) is 1.80. The number of amides is 2. The molecule has 0 atom stereocenters. The molecule has 0 saturated heterocycles. The van der Waals surface area contributed by atoms with Crippen LogP contribution in [0.2, 0.25) is 0 Å². The number of rotatable bonds is 13. The predicted molar refractivity (Wildman–Crippen MR) is 150 cm³/mol. The summed E-state index contributed by atoms with van der Waals surface area (Å²) in [6, 6.07) is 15.3. The predicted octanol–water partition coefficient (Wildman–Crippen LogP) is 3.21. The molecule has 0 fully saturated rings. The largest absolute Gasteiger partial charge is 0.497 e. The van der Waals surface area contributed by atoms with Crippen LogP contribution < -0.4 is 14.2 Å². The van der Waals surface area contributed by atoms with Gasteiger partial charge >= 0.3 is 10.2 Å². The molecule has 0 aliphatic carbocycles. The number of aryl methyl sites for hydroxylation is 2. The molecule has 0 aliphatic rings. The summed E-state index contributed by atoms with van der Waals surface area (Å²) in [6.45, 7) is 2.36. The van der Waals surface area contributed by atoms with Crippen molar-refractivity contribution in [2.24, 2.45) is 0 Å². The monoisotopic (exact) mass is 574 g/mol. The quantitative estimate of drug-likeness (QED) is 0.333. The van der Waals surface area contributed by atoms with Crippen molar-refractivity contribution in [3.63, 3.8) is 0 Å². The lowest BCUT2D eigenvalue weighted by Gasteiger charge is -2.22. The number of methoxy groups -OCH3 is 2. The Kier molecular flexibility index (Phi) is 10.4. The van der Waals surface area contributed by atoms with E-state index in [0.29, 0.717) is 27.9 Å². The Morgan fingerprint density at radius 3 is 2.41 bits per heavy atom. The van der Waals surface area contributed by atoms with Crippen molar-refractivity contribution in [2.45, 2.75) is 32.7 Å². The second-order valence-electron chi connectivity index (χ2n) is 8.99. The molecule has 3 aromatic rings. The Bertz CT molecular complexity index is 1390. The van der Waals surface area contributed by atoms with Gasteiger partial charge in [0.25, 0.3) is 5.91 Å². The molecular weight excluding hydrogens is 540 g/mol. The number of carbonyl (C=O) groups excluding carboxylic acids is 2. The maximum atomic E-state index is 13.5. The van der Waals surface area contributed by atoms with Crippen LogP contribution in [-0.4, -0.2) is 69.3 Å². The molecule has 2 amide bonds. The smallest absolute Gasteiger partial charge is 0.303 e. The van der Waals surface area contributed by atoms with Gasteiger partial charge in [0.2, 0.25) is 5.91 Å². The number of hydrogen-bond acceptors (Lipinski definition) is 8. The molecule has 0 unspecified atom stereocenters. The van der Waals surface area contributed by atoms with Gasteiger partial charge in [0.05, 0.1) is 27.2 Å². The Balaban J connectivity index is 1.80. The minimum atomic E-state index is -3.96. The SMILES string of the molecule is COc1ccc(CC(=O)N(CCCc2ccccc2)Cc2nc(C(=O)NS(=O)(=O)N(C)C)c(C)s2)c(OC)c1. The molecule has 0 saturated carbocycles. The Labute approximate surface area is 233 Å². The van der Waals surface area contributed by atoms with E-state index >= 15 is 0 Å². The summed E-state index contributed by atoms with van der Waals surface area (Å²) in [5, 5.41) is 0.537. The summed E-state index contributed by atoms with van der Waals surface area (Å²) < 4.78 is 37.8. The van der Waals surface area contributed by atoms with Gasteiger partial charge in [-0.3, -0.25) is 9.59 Å². The highest BCUT2D eigenvalue weighted by Crippen LogP contribution is 2.26. The number of nitrogens with zero attached hydrogens (tertiary/aromatic N) is 3. The third kappa shape index (κ3) is 8.25. The fraction of sp³-hybridized carbons (Fsp3) is 0.370. The van der Waals surface area contributed by atoms with Crippen molar-refractivity contribution < 1.29 is 27.5 Å². The zero-order valence-electron chi connectivity index (χ0n) is 22.8. The van der Waals surface area contributed by atoms with Gasteiger partial charge in [0.15, 0.2) is 0 Å². The van der Waals surface area contributed by atoms with Gasteiger partial charge in [-0.1, -0.05) is 36.4 Å². The maximum Gasteiger partial charge on any atom is 0.303 e. The lowest BCUT2D eigenvalue weighted by atomic mass is 10.1. The summed E-state index contributed by atoms with van der Waals surface area (Å²) in [4.78, 5) is 32.8. The number of nitrogens with one attached hydrogen (secondary N) is 1. The molecule has 1 heterocycles. The highest BCUT2D eigenvalue weighted by molar-refractivity contribution is 7.87. The molecule has 0 spiro atoms. The Morgan fingerprint density at radius 1 is 1.05 bits per heavy atom. The second kappa shape index (κ2) is 13.5. The molecule has 0 radical (unpaired) electrons. The fourth-order valence-electron chi connectivity index (χ4n) is 3.83. The molecule has 10 nitrogen and oxygen atoms in total. The van der Waals surface area contributed by atoms with E-state index in [1.54, 1.807) is 44.2 Å². The van der Waals surface area contributed by atoms with Crippen LogP contribution in [0.25, 0.3) is 0 Å². The van der Waals surface area contributed by atoms with Crippen LogP contribution in [0.3, 0.4) is 0 Å². The van der Waals surface area contributed by atoms with Gasteiger partial charge in [-0.25, -0.2) is 9.71 Å². The van der Waals surface area contributed by atoms with Crippen molar-refractivity contribution >= 4 is 33.4 Å². The standard InChI is InChI=1S/C27H34N4O6S2/c1-19-26(27(33)29-39(34,35)30(2)3)28-24(38-19)18-31(15-9-12-20-10-7-6-8-11-20)25(32)16-21-13-14-22(36-4)17-23(21)37-5/h6-8,10-11,13-14,17H,9,12,15-16,18H2,1-5H3,(H,29,33). The number of benzene rings is 2. The van der Waals surface area contributed by atoms with E-state index in [1.165, 1.54) is 31.0 Å². The average Bonchev–Trinajstić information content (AvgIpc) is 3.28. The zero-order valence-corrected chi connectivity index (χ0v) is 24.4. The summed E-state index contributed by atoms with van der Waals surface area (Å²) >= 11 is 1.26. The zero-order chi connectivity index (χ0) is 28.6. The van der Waals surface area contributed by atoms with Gasteiger partial charge in [-0.05, 0) is 31.4 Å². The van der Waals surface area contributed by atoms with Gasteiger partial charge in [0, 0.05) is 37.1 Å². The van der Waals surface area contributed by atoms with E-state index in [0.717, 1.165) is 22.7 Å². The van der Waals surface area contributed by atoms with Crippen molar-refractivity contribution in [3.8, 4) is 11.5 Å². The highest BCUT2D eigenvalue weighted by atomic mass is 32.2. The molecule has 39 heavy (non-hydrogen) atoms. The molecule has 1 N–H and O–H groups in total.